The number of halogens is 3. The van der Waals surface area contributed by atoms with Crippen LogP contribution in [-0.4, -0.2) is 56.6 Å². The third kappa shape index (κ3) is 6.18. The van der Waals surface area contributed by atoms with Crippen LogP contribution in [0.5, 0.6) is 0 Å². The lowest BCUT2D eigenvalue weighted by Gasteiger charge is -2.32. The topological polar surface area (TPSA) is 75.7 Å². The van der Waals surface area contributed by atoms with E-state index in [2.05, 4.69) is 10.1 Å². The Balaban J connectivity index is 1.86. The van der Waals surface area contributed by atoms with Crippen molar-refractivity contribution in [2.24, 2.45) is 0 Å². The lowest BCUT2D eigenvalue weighted by molar-refractivity contribution is -0.185. The SMILES string of the molecule is Cc1ccc(S(=O)(=O)N2CCC(NC(=O)C(C)OCC(F)(F)F)CC2)cc1. The molecule has 1 aliphatic heterocycles. The van der Waals surface area contributed by atoms with E-state index in [-0.39, 0.29) is 24.0 Å². The summed E-state index contributed by atoms with van der Waals surface area (Å²) in [6.45, 7) is 2.06. The zero-order valence-electron chi connectivity index (χ0n) is 15.1. The number of nitrogens with zero attached hydrogens (tertiary/aromatic N) is 1. The Hall–Kier alpha value is -1.65. The summed E-state index contributed by atoms with van der Waals surface area (Å²) < 4.78 is 67.5. The van der Waals surface area contributed by atoms with Gasteiger partial charge in [0, 0.05) is 19.1 Å². The lowest BCUT2D eigenvalue weighted by Crippen LogP contribution is -2.49. The van der Waals surface area contributed by atoms with Crippen LogP contribution in [0.25, 0.3) is 0 Å². The standard InChI is InChI=1S/C17H23F3N2O4S/c1-12-3-5-15(6-4-12)27(24,25)22-9-7-14(8-10-22)21-16(23)13(2)26-11-17(18,19)20/h3-6,13-14H,7-11H2,1-2H3,(H,21,23). The molecule has 0 spiro atoms. The molecule has 1 aliphatic rings. The number of sulfonamides is 1. The van der Waals surface area contributed by atoms with Gasteiger partial charge in [-0.2, -0.15) is 17.5 Å². The van der Waals surface area contributed by atoms with Crippen LogP contribution in [0.3, 0.4) is 0 Å². The summed E-state index contributed by atoms with van der Waals surface area (Å²) in [6, 6.07) is 6.25. The maximum atomic E-state index is 12.6. The first-order valence-corrected chi connectivity index (χ1v) is 9.98. The van der Waals surface area contributed by atoms with Crippen LogP contribution in [0.2, 0.25) is 0 Å². The van der Waals surface area contributed by atoms with Crippen LogP contribution in [0.4, 0.5) is 13.2 Å². The van der Waals surface area contributed by atoms with E-state index in [0.717, 1.165) is 5.56 Å². The second-order valence-electron chi connectivity index (χ2n) is 6.57. The molecule has 152 valence electrons. The quantitative estimate of drug-likeness (QED) is 0.783. The van der Waals surface area contributed by atoms with Gasteiger partial charge in [0.25, 0.3) is 0 Å². The zero-order valence-corrected chi connectivity index (χ0v) is 15.9. The molecule has 0 bridgehead atoms. The van der Waals surface area contributed by atoms with Gasteiger partial charge in [0.1, 0.15) is 12.7 Å². The van der Waals surface area contributed by atoms with Gasteiger partial charge in [-0.15, -0.1) is 0 Å². The summed E-state index contributed by atoms with van der Waals surface area (Å²) in [5.74, 6) is -0.640. The fraction of sp³-hybridized carbons (Fsp3) is 0.588. The number of carbonyl (C=O) groups excluding carboxylic acids is 1. The highest BCUT2D eigenvalue weighted by Gasteiger charge is 2.32. The van der Waals surface area contributed by atoms with E-state index in [9.17, 15) is 26.4 Å². The van der Waals surface area contributed by atoms with Crippen molar-refractivity contribution >= 4 is 15.9 Å². The van der Waals surface area contributed by atoms with Crippen LogP contribution in [0.1, 0.15) is 25.3 Å². The molecule has 10 heteroatoms. The van der Waals surface area contributed by atoms with Crippen LogP contribution >= 0.6 is 0 Å². The predicted octanol–water partition coefficient (Wildman–Crippen LogP) is 2.23. The molecule has 0 aliphatic carbocycles. The van der Waals surface area contributed by atoms with E-state index in [1.807, 2.05) is 6.92 Å². The largest absolute Gasteiger partial charge is 0.411 e. The smallest absolute Gasteiger partial charge is 0.359 e. The van der Waals surface area contributed by atoms with E-state index in [0.29, 0.717) is 12.8 Å². The molecule has 1 aromatic carbocycles. The fourth-order valence-electron chi connectivity index (χ4n) is 2.71. The number of alkyl halides is 3. The highest BCUT2D eigenvalue weighted by atomic mass is 32.2. The van der Waals surface area contributed by atoms with Gasteiger partial charge in [-0.1, -0.05) is 17.7 Å². The van der Waals surface area contributed by atoms with Crippen LogP contribution in [-0.2, 0) is 19.6 Å². The van der Waals surface area contributed by atoms with E-state index < -0.39 is 34.8 Å². The van der Waals surface area contributed by atoms with Crippen molar-refractivity contribution in [1.29, 1.82) is 0 Å². The molecule has 1 unspecified atom stereocenters. The number of amides is 1. The zero-order chi connectivity index (χ0) is 20.2. The maximum absolute atomic E-state index is 12.6. The number of hydrogen-bond acceptors (Lipinski definition) is 4. The molecule has 0 aromatic heterocycles. The number of benzene rings is 1. The number of hydrogen-bond donors (Lipinski definition) is 1. The highest BCUT2D eigenvalue weighted by molar-refractivity contribution is 7.89. The van der Waals surface area contributed by atoms with E-state index in [1.165, 1.54) is 11.2 Å². The summed E-state index contributed by atoms with van der Waals surface area (Å²) in [7, 11) is -3.60. The molecule has 1 amide bonds. The Labute approximate surface area is 156 Å². The van der Waals surface area contributed by atoms with Crippen molar-refractivity contribution in [3.63, 3.8) is 0 Å². The number of aryl methyl sites for hydroxylation is 1. The molecule has 1 heterocycles. The monoisotopic (exact) mass is 408 g/mol. The average Bonchev–Trinajstić information content (AvgIpc) is 2.60. The number of rotatable bonds is 6. The Bertz CT molecular complexity index is 742. The van der Waals surface area contributed by atoms with E-state index in [1.54, 1.807) is 24.3 Å². The summed E-state index contributed by atoms with van der Waals surface area (Å²) >= 11 is 0. The summed E-state index contributed by atoms with van der Waals surface area (Å²) in [6.07, 6.45) is -4.98. The van der Waals surface area contributed by atoms with Crippen LogP contribution in [0.15, 0.2) is 29.2 Å². The minimum Gasteiger partial charge on any atom is -0.359 e. The summed E-state index contributed by atoms with van der Waals surface area (Å²) in [5.41, 5.74) is 0.956. The summed E-state index contributed by atoms with van der Waals surface area (Å²) in [4.78, 5) is 12.1. The molecular formula is C17H23F3N2O4S. The first kappa shape index (κ1) is 21.6. The van der Waals surface area contributed by atoms with Gasteiger partial charge in [0.15, 0.2) is 0 Å². The molecular weight excluding hydrogens is 385 g/mol. The molecule has 1 saturated heterocycles. The molecule has 1 atom stereocenters. The highest BCUT2D eigenvalue weighted by Crippen LogP contribution is 2.21. The van der Waals surface area contributed by atoms with Gasteiger partial charge in [0.05, 0.1) is 4.90 Å². The first-order chi connectivity index (χ1) is 12.5. The van der Waals surface area contributed by atoms with Gasteiger partial charge in [-0.25, -0.2) is 8.42 Å². The second-order valence-corrected chi connectivity index (χ2v) is 8.51. The lowest BCUT2D eigenvalue weighted by atomic mass is 10.1. The van der Waals surface area contributed by atoms with Crippen molar-refractivity contribution in [3.05, 3.63) is 29.8 Å². The average molecular weight is 408 g/mol. The molecule has 0 saturated carbocycles. The van der Waals surface area contributed by atoms with Gasteiger partial charge in [0.2, 0.25) is 15.9 Å². The van der Waals surface area contributed by atoms with Crippen molar-refractivity contribution < 1.29 is 31.1 Å². The molecule has 0 radical (unpaired) electrons. The Kier molecular flexibility index (Phi) is 6.87. The van der Waals surface area contributed by atoms with Crippen LogP contribution in [0, 0.1) is 6.92 Å². The van der Waals surface area contributed by atoms with E-state index in [4.69, 9.17) is 0 Å². The number of carbonyl (C=O) groups is 1. The Morgan fingerprint density at radius 1 is 1.26 bits per heavy atom. The predicted molar refractivity (Wildman–Crippen MR) is 92.6 cm³/mol. The van der Waals surface area contributed by atoms with Gasteiger partial charge in [-0.3, -0.25) is 4.79 Å². The Morgan fingerprint density at radius 3 is 2.33 bits per heavy atom. The second kappa shape index (κ2) is 8.57. The van der Waals surface area contributed by atoms with Crippen molar-refractivity contribution in [2.45, 2.75) is 49.9 Å². The van der Waals surface area contributed by atoms with Gasteiger partial charge in [-0.05, 0) is 38.8 Å². The molecule has 2 rings (SSSR count). The van der Waals surface area contributed by atoms with E-state index >= 15 is 0 Å². The van der Waals surface area contributed by atoms with Crippen molar-refractivity contribution in [3.8, 4) is 0 Å². The number of ether oxygens (including phenoxy) is 1. The van der Waals surface area contributed by atoms with Gasteiger partial charge < -0.3 is 10.1 Å². The number of piperidine rings is 1. The molecule has 1 aromatic rings. The molecule has 1 N–H and O–H groups in total. The third-order valence-electron chi connectivity index (χ3n) is 4.33. The first-order valence-electron chi connectivity index (χ1n) is 8.54. The van der Waals surface area contributed by atoms with Gasteiger partial charge >= 0.3 is 6.18 Å². The Morgan fingerprint density at radius 2 is 1.81 bits per heavy atom. The molecule has 6 nitrogen and oxygen atoms in total. The summed E-state index contributed by atoms with van der Waals surface area (Å²) in [5, 5.41) is 2.62. The van der Waals surface area contributed by atoms with Crippen LogP contribution < -0.4 is 5.32 Å². The normalized spacial score (nSPS) is 18.3. The third-order valence-corrected chi connectivity index (χ3v) is 6.24. The van der Waals surface area contributed by atoms with Crippen molar-refractivity contribution in [2.75, 3.05) is 19.7 Å². The fourth-order valence-corrected chi connectivity index (χ4v) is 4.18. The van der Waals surface area contributed by atoms with Crippen molar-refractivity contribution in [1.82, 2.24) is 9.62 Å². The minimum absolute atomic E-state index is 0.213. The molecule has 1 fully saturated rings. The minimum atomic E-state index is -4.50. The number of nitrogens with one attached hydrogen (secondary N) is 1. The maximum Gasteiger partial charge on any atom is 0.411 e. The molecule has 27 heavy (non-hydrogen) atoms.